The maximum Gasteiger partial charge on any atom is 0.330 e. The van der Waals surface area contributed by atoms with E-state index in [-0.39, 0.29) is 5.97 Å². The van der Waals surface area contributed by atoms with Crippen molar-refractivity contribution in [1.29, 1.82) is 0 Å². The molecule has 0 spiro atoms. The lowest BCUT2D eigenvalue weighted by Gasteiger charge is -2.20. The summed E-state index contributed by atoms with van der Waals surface area (Å²) in [5.74, 6) is -0.379. The second-order valence-electron chi connectivity index (χ2n) is 7.33. The molecule has 0 atom stereocenters. The number of carbonyl (C=O) groups excluding carboxylic acids is 1. The Morgan fingerprint density at radius 1 is 0.852 bits per heavy atom. The largest absolute Gasteiger partial charge is 0.462 e. The molecule has 27 heavy (non-hydrogen) atoms. The molecule has 0 bridgehead atoms. The number of rotatable bonds is 6. The molecule has 0 fully saturated rings. The molecule has 2 aromatic carbocycles. The fraction of sp³-hybridized carbons (Fsp3) is 0.320. The van der Waals surface area contributed by atoms with Gasteiger partial charge in [0, 0.05) is 12.5 Å². The molecule has 142 valence electrons. The monoisotopic (exact) mass is 362 g/mol. The smallest absolute Gasteiger partial charge is 0.330 e. The number of carbonyl (C=O) groups is 1. The Bertz CT molecular complexity index is 795. The minimum Gasteiger partial charge on any atom is -0.462 e. The van der Waals surface area contributed by atoms with E-state index < -0.39 is 0 Å². The van der Waals surface area contributed by atoms with Crippen molar-refractivity contribution >= 4 is 11.5 Å². The van der Waals surface area contributed by atoms with Gasteiger partial charge in [-0.15, -0.1) is 0 Å². The predicted octanol–water partition coefficient (Wildman–Crippen LogP) is 6.09. The average molecular weight is 363 g/mol. The van der Waals surface area contributed by atoms with Gasteiger partial charge in [-0.05, 0) is 80.5 Å². The quantitative estimate of drug-likeness (QED) is 0.353. The van der Waals surface area contributed by atoms with E-state index in [2.05, 4.69) is 78.5 Å². The highest BCUT2D eigenvalue weighted by Crippen LogP contribution is 2.34. The van der Waals surface area contributed by atoms with Crippen molar-refractivity contribution in [3.8, 4) is 0 Å². The molecule has 2 heteroatoms. The molecule has 0 N–H and O–H groups in total. The first kappa shape index (κ1) is 20.7. The van der Waals surface area contributed by atoms with Crippen LogP contribution < -0.4 is 0 Å². The molecule has 0 unspecified atom stereocenters. The molecule has 0 aliphatic rings. The highest BCUT2D eigenvalue weighted by atomic mass is 16.5. The van der Waals surface area contributed by atoms with E-state index in [9.17, 15) is 4.79 Å². The molecule has 2 rings (SSSR count). The standard InChI is InChI=1S/C25H30O2/c1-8-23(26)27-11-9-10-22(24-18(4)12-16(2)13-19(24)5)25-20(6)14-17(3)15-21(25)7/h8,10,12-15H,1,9,11H2,2-7H3. The van der Waals surface area contributed by atoms with Gasteiger partial charge in [-0.3, -0.25) is 0 Å². The van der Waals surface area contributed by atoms with E-state index >= 15 is 0 Å². The van der Waals surface area contributed by atoms with Crippen LogP contribution in [-0.2, 0) is 9.53 Å². The summed E-state index contributed by atoms with van der Waals surface area (Å²) in [4.78, 5) is 11.3. The van der Waals surface area contributed by atoms with Gasteiger partial charge >= 0.3 is 5.97 Å². The normalized spacial score (nSPS) is 10.4. The van der Waals surface area contributed by atoms with Gasteiger partial charge in [0.05, 0.1) is 6.61 Å². The number of benzene rings is 2. The molecule has 0 radical (unpaired) electrons. The first-order chi connectivity index (χ1) is 12.7. The highest BCUT2D eigenvalue weighted by Gasteiger charge is 2.16. The molecule has 0 amide bonds. The van der Waals surface area contributed by atoms with Crippen LogP contribution in [0.5, 0.6) is 0 Å². The van der Waals surface area contributed by atoms with E-state index in [1.807, 2.05) is 0 Å². The minimum absolute atomic E-state index is 0.349. The minimum atomic E-state index is -0.379. The molecule has 2 nitrogen and oxygen atoms in total. The van der Waals surface area contributed by atoms with Gasteiger partial charge < -0.3 is 4.74 Å². The summed E-state index contributed by atoms with van der Waals surface area (Å²) in [7, 11) is 0. The van der Waals surface area contributed by atoms with E-state index in [1.54, 1.807) is 0 Å². The van der Waals surface area contributed by atoms with Crippen LogP contribution in [0.15, 0.2) is 43.0 Å². The van der Waals surface area contributed by atoms with Crippen LogP contribution in [0.1, 0.15) is 50.9 Å². The third-order valence-corrected chi connectivity index (χ3v) is 4.77. The summed E-state index contributed by atoms with van der Waals surface area (Å²) in [5.41, 5.74) is 11.4. The van der Waals surface area contributed by atoms with Gasteiger partial charge in [-0.1, -0.05) is 48.0 Å². The summed E-state index contributed by atoms with van der Waals surface area (Å²) < 4.78 is 5.17. The Hall–Kier alpha value is -2.61. The van der Waals surface area contributed by atoms with Crippen LogP contribution in [0.3, 0.4) is 0 Å². The van der Waals surface area contributed by atoms with Crippen molar-refractivity contribution in [2.24, 2.45) is 0 Å². The molecule has 0 aliphatic heterocycles. The van der Waals surface area contributed by atoms with Crippen LogP contribution in [-0.4, -0.2) is 12.6 Å². The van der Waals surface area contributed by atoms with Crippen molar-refractivity contribution in [3.05, 3.63) is 87.5 Å². The summed E-state index contributed by atoms with van der Waals surface area (Å²) in [5, 5.41) is 0. The molecule has 0 saturated carbocycles. The summed E-state index contributed by atoms with van der Waals surface area (Å²) in [6.45, 7) is 16.7. The van der Waals surface area contributed by atoms with Crippen LogP contribution in [0, 0.1) is 41.5 Å². The van der Waals surface area contributed by atoms with Gasteiger partial charge in [0.25, 0.3) is 0 Å². The fourth-order valence-electron chi connectivity index (χ4n) is 3.96. The van der Waals surface area contributed by atoms with Crippen LogP contribution in [0.4, 0.5) is 0 Å². The predicted molar refractivity (Wildman–Crippen MR) is 114 cm³/mol. The topological polar surface area (TPSA) is 26.3 Å². The number of hydrogen-bond donors (Lipinski definition) is 0. The maximum atomic E-state index is 11.3. The lowest BCUT2D eigenvalue weighted by atomic mass is 9.84. The third kappa shape index (κ3) is 4.97. The first-order valence-corrected chi connectivity index (χ1v) is 9.40. The zero-order valence-corrected chi connectivity index (χ0v) is 17.4. The molecular weight excluding hydrogens is 332 g/mol. The Morgan fingerprint density at radius 2 is 1.26 bits per heavy atom. The zero-order chi connectivity index (χ0) is 20.1. The van der Waals surface area contributed by atoms with Crippen molar-refractivity contribution in [3.63, 3.8) is 0 Å². The number of hydrogen-bond acceptors (Lipinski definition) is 2. The zero-order valence-electron chi connectivity index (χ0n) is 17.4. The average Bonchev–Trinajstić information content (AvgIpc) is 2.56. The van der Waals surface area contributed by atoms with Crippen molar-refractivity contribution in [2.45, 2.75) is 48.0 Å². The van der Waals surface area contributed by atoms with E-state index in [0.717, 1.165) is 0 Å². The van der Waals surface area contributed by atoms with Gasteiger partial charge in [0.1, 0.15) is 0 Å². The maximum absolute atomic E-state index is 11.3. The molecule has 0 aliphatic carbocycles. The van der Waals surface area contributed by atoms with Crippen LogP contribution in [0.2, 0.25) is 0 Å². The van der Waals surface area contributed by atoms with Gasteiger partial charge in [0.15, 0.2) is 0 Å². The summed E-state index contributed by atoms with van der Waals surface area (Å²) in [6, 6.07) is 8.92. The summed E-state index contributed by atoms with van der Waals surface area (Å²) >= 11 is 0. The Balaban J connectivity index is 2.57. The van der Waals surface area contributed by atoms with Gasteiger partial charge in [-0.25, -0.2) is 4.79 Å². The lowest BCUT2D eigenvalue weighted by Crippen LogP contribution is -2.04. The second-order valence-corrected chi connectivity index (χ2v) is 7.33. The number of esters is 1. The van der Waals surface area contributed by atoms with E-state index in [1.165, 1.54) is 56.2 Å². The van der Waals surface area contributed by atoms with Crippen molar-refractivity contribution in [2.75, 3.05) is 6.61 Å². The molecule has 0 heterocycles. The van der Waals surface area contributed by atoms with Gasteiger partial charge in [0.2, 0.25) is 0 Å². The SMILES string of the molecule is C=CC(=O)OCCC=C(c1c(C)cc(C)cc1C)c1c(C)cc(C)cc1C. The van der Waals surface area contributed by atoms with Crippen molar-refractivity contribution < 1.29 is 9.53 Å². The fourth-order valence-corrected chi connectivity index (χ4v) is 3.96. The molecule has 0 aromatic heterocycles. The number of aryl methyl sites for hydroxylation is 6. The Labute approximate surface area is 163 Å². The van der Waals surface area contributed by atoms with Crippen LogP contribution >= 0.6 is 0 Å². The Morgan fingerprint density at radius 3 is 1.63 bits per heavy atom. The Kier molecular flexibility index (Phi) is 6.79. The van der Waals surface area contributed by atoms with E-state index in [4.69, 9.17) is 4.74 Å². The second kappa shape index (κ2) is 8.85. The summed E-state index contributed by atoms with van der Waals surface area (Å²) in [6.07, 6.45) is 4.06. The molecule has 2 aromatic rings. The molecule has 0 saturated heterocycles. The van der Waals surface area contributed by atoms with E-state index in [0.29, 0.717) is 13.0 Å². The van der Waals surface area contributed by atoms with Crippen molar-refractivity contribution in [1.82, 2.24) is 0 Å². The van der Waals surface area contributed by atoms with Crippen LogP contribution in [0.25, 0.3) is 5.57 Å². The highest BCUT2D eigenvalue weighted by molar-refractivity contribution is 5.86. The molecular formula is C25H30O2. The lowest BCUT2D eigenvalue weighted by molar-refractivity contribution is -0.137. The first-order valence-electron chi connectivity index (χ1n) is 9.40. The third-order valence-electron chi connectivity index (χ3n) is 4.77. The van der Waals surface area contributed by atoms with Gasteiger partial charge in [-0.2, -0.15) is 0 Å². The number of ether oxygens (including phenoxy) is 1.